The van der Waals surface area contributed by atoms with Crippen LogP contribution in [0.2, 0.25) is 0 Å². The van der Waals surface area contributed by atoms with Gasteiger partial charge in [-0.15, -0.1) is 0 Å². The molecule has 1 amide bonds. The van der Waals surface area contributed by atoms with Crippen molar-refractivity contribution in [3.8, 4) is 0 Å². The van der Waals surface area contributed by atoms with Gasteiger partial charge in [-0.1, -0.05) is 372 Å². The lowest BCUT2D eigenvalue weighted by Crippen LogP contribution is -2.45. The van der Waals surface area contributed by atoms with Crippen LogP contribution in [0.4, 0.5) is 0 Å². The minimum absolute atomic E-state index is 0.0123. The third-order valence-corrected chi connectivity index (χ3v) is 17.5. The first-order valence-electron chi connectivity index (χ1n) is 37.1. The molecular weight excluding hydrogens is 995 g/mol. The molecule has 0 radical (unpaired) electrons. The first-order chi connectivity index (χ1) is 40.0. The molecule has 0 spiro atoms. The van der Waals surface area contributed by atoms with Crippen molar-refractivity contribution in [3.05, 3.63) is 24.3 Å². The van der Waals surface area contributed by atoms with Crippen molar-refractivity contribution in [2.45, 2.75) is 431 Å². The molecule has 2 atom stereocenters. The van der Waals surface area contributed by atoms with E-state index in [0.717, 1.165) is 44.9 Å². The fraction of sp³-hybridized carbons (Fsp3) is 0.920. The summed E-state index contributed by atoms with van der Waals surface area (Å²) in [6.45, 7) is 4.99. The monoisotopic (exact) mass is 1140 g/mol. The summed E-state index contributed by atoms with van der Waals surface area (Å²) in [5, 5.41) is 23.5. The molecule has 0 saturated carbocycles. The van der Waals surface area contributed by atoms with E-state index in [1.54, 1.807) is 0 Å². The number of aliphatic hydroxyl groups excluding tert-OH is 2. The van der Waals surface area contributed by atoms with E-state index in [9.17, 15) is 19.8 Å². The Hall–Kier alpha value is -1.66. The maximum Gasteiger partial charge on any atom is 0.305 e. The van der Waals surface area contributed by atoms with E-state index in [0.29, 0.717) is 25.9 Å². The maximum atomic E-state index is 12.6. The third-order valence-electron chi connectivity index (χ3n) is 17.5. The number of ether oxygens (including phenoxy) is 1. The first-order valence-corrected chi connectivity index (χ1v) is 37.1. The van der Waals surface area contributed by atoms with Gasteiger partial charge in [0.15, 0.2) is 0 Å². The second-order valence-electron chi connectivity index (χ2n) is 25.6. The molecule has 0 fully saturated rings. The predicted molar refractivity (Wildman–Crippen MR) is 356 cm³/mol. The highest BCUT2D eigenvalue weighted by Crippen LogP contribution is 2.19. The molecule has 0 heterocycles. The van der Waals surface area contributed by atoms with Crippen molar-refractivity contribution in [3.63, 3.8) is 0 Å². The van der Waals surface area contributed by atoms with Crippen molar-refractivity contribution in [2.24, 2.45) is 0 Å². The molecule has 0 saturated heterocycles. The predicted octanol–water partition coefficient (Wildman–Crippen LogP) is 24.1. The summed E-state index contributed by atoms with van der Waals surface area (Å²) in [5.74, 6) is -0.0236. The summed E-state index contributed by atoms with van der Waals surface area (Å²) >= 11 is 0. The van der Waals surface area contributed by atoms with Crippen molar-refractivity contribution < 1.29 is 24.5 Å². The summed E-state index contributed by atoms with van der Waals surface area (Å²) < 4.78 is 5.49. The van der Waals surface area contributed by atoms with E-state index in [-0.39, 0.29) is 18.5 Å². The Bertz CT molecular complexity index is 1270. The van der Waals surface area contributed by atoms with Crippen LogP contribution < -0.4 is 5.32 Å². The summed E-state index contributed by atoms with van der Waals surface area (Å²) in [6.07, 6.45) is 89.5. The molecule has 0 aliphatic heterocycles. The van der Waals surface area contributed by atoms with Gasteiger partial charge in [0.1, 0.15) is 0 Å². The lowest BCUT2D eigenvalue weighted by atomic mass is 10.0. The van der Waals surface area contributed by atoms with Gasteiger partial charge in [0.2, 0.25) is 5.91 Å². The van der Waals surface area contributed by atoms with Gasteiger partial charge in [0.05, 0.1) is 25.4 Å². The molecule has 6 nitrogen and oxygen atoms in total. The van der Waals surface area contributed by atoms with Crippen LogP contribution in [0.25, 0.3) is 0 Å². The van der Waals surface area contributed by atoms with Gasteiger partial charge in [-0.05, 0) is 57.8 Å². The van der Waals surface area contributed by atoms with Gasteiger partial charge in [0.25, 0.3) is 0 Å². The van der Waals surface area contributed by atoms with E-state index < -0.39 is 12.1 Å². The maximum absolute atomic E-state index is 12.6. The van der Waals surface area contributed by atoms with Gasteiger partial charge < -0.3 is 20.3 Å². The number of carbonyl (C=O) groups excluding carboxylic acids is 2. The SMILES string of the molecule is CCCCCCCCCCCCCCCCCCCCCCCCCCCC(O)C(CO)NC(=O)CCCCCCCCCCC/C=C\C/C=C\CCCCCCCCCCCOC(=O)CCCCCCCCCCCCCCCC. The fourth-order valence-electron chi connectivity index (χ4n) is 11.9. The normalized spacial score (nSPS) is 12.6. The molecule has 0 aliphatic carbocycles. The Morgan fingerprint density at radius 1 is 0.346 bits per heavy atom. The lowest BCUT2D eigenvalue weighted by molar-refractivity contribution is -0.143. The van der Waals surface area contributed by atoms with Gasteiger partial charge in [-0.25, -0.2) is 0 Å². The number of aliphatic hydroxyl groups is 2. The van der Waals surface area contributed by atoms with Gasteiger partial charge in [-0.2, -0.15) is 0 Å². The Kier molecular flexibility index (Phi) is 69.4. The van der Waals surface area contributed by atoms with Crippen LogP contribution in [0, 0.1) is 0 Å². The first kappa shape index (κ1) is 79.3. The summed E-state index contributed by atoms with van der Waals surface area (Å²) in [6, 6.07) is -0.548. The average Bonchev–Trinajstić information content (AvgIpc) is 3.47. The Morgan fingerprint density at radius 2 is 0.617 bits per heavy atom. The molecule has 3 N–H and O–H groups in total. The van der Waals surface area contributed by atoms with Crippen molar-refractivity contribution in [1.82, 2.24) is 5.32 Å². The highest BCUT2D eigenvalue weighted by atomic mass is 16.5. The Morgan fingerprint density at radius 3 is 0.938 bits per heavy atom. The number of nitrogens with one attached hydrogen (secondary N) is 1. The zero-order chi connectivity index (χ0) is 58.5. The topological polar surface area (TPSA) is 95.9 Å². The Labute approximate surface area is 507 Å². The highest BCUT2D eigenvalue weighted by Gasteiger charge is 2.20. The van der Waals surface area contributed by atoms with Crippen LogP contribution in [0.3, 0.4) is 0 Å². The van der Waals surface area contributed by atoms with Gasteiger partial charge in [-0.3, -0.25) is 9.59 Å². The van der Waals surface area contributed by atoms with Crippen molar-refractivity contribution in [1.29, 1.82) is 0 Å². The number of hydrogen-bond donors (Lipinski definition) is 3. The third kappa shape index (κ3) is 67.3. The highest BCUT2D eigenvalue weighted by molar-refractivity contribution is 5.76. The largest absolute Gasteiger partial charge is 0.466 e. The number of amides is 1. The van der Waals surface area contributed by atoms with E-state index >= 15 is 0 Å². The van der Waals surface area contributed by atoms with Crippen molar-refractivity contribution in [2.75, 3.05) is 13.2 Å². The van der Waals surface area contributed by atoms with E-state index in [1.807, 2.05) is 0 Å². The molecule has 0 aromatic carbocycles. The van der Waals surface area contributed by atoms with Crippen LogP contribution in [0.1, 0.15) is 418 Å². The van der Waals surface area contributed by atoms with E-state index in [1.165, 1.54) is 340 Å². The summed E-state index contributed by atoms with van der Waals surface area (Å²) in [7, 11) is 0. The van der Waals surface area contributed by atoms with Crippen LogP contribution in [-0.2, 0) is 14.3 Å². The lowest BCUT2D eigenvalue weighted by Gasteiger charge is -2.22. The van der Waals surface area contributed by atoms with Gasteiger partial charge in [0, 0.05) is 12.8 Å². The quantitative estimate of drug-likeness (QED) is 0.0320. The minimum Gasteiger partial charge on any atom is -0.466 e. The minimum atomic E-state index is -0.670. The van der Waals surface area contributed by atoms with Crippen LogP contribution in [0.5, 0.6) is 0 Å². The molecule has 480 valence electrons. The number of hydrogen-bond acceptors (Lipinski definition) is 5. The smallest absolute Gasteiger partial charge is 0.305 e. The average molecular weight is 1140 g/mol. The Balaban J connectivity index is 3.42. The fourth-order valence-corrected chi connectivity index (χ4v) is 11.9. The van der Waals surface area contributed by atoms with E-state index in [4.69, 9.17) is 4.74 Å². The zero-order valence-electron chi connectivity index (χ0n) is 55.0. The molecule has 0 rings (SSSR count). The van der Waals surface area contributed by atoms with Crippen LogP contribution >= 0.6 is 0 Å². The summed E-state index contributed by atoms with van der Waals surface area (Å²) in [4.78, 5) is 24.6. The second kappa shape index (κ2) is 70.8. The molecule has 0 bridgehead atoms. The molecular formula is C75H145NO5. The van der Waals surface area contributed by atoms with Crippen molar-refractivity contribution >= 4 is 11.9 Å². The number of rotatable bonds is 70. The second-order valence-corrected chi connectivity index (χ2v) is 25.6. The molecule has 0 aliphatic rings. The molecule has 6 heteroatoms. The van der Waals surface area contributed by atoms with E-state index in [2.05, 4.69) is 43.5 Å². The molecule has 0 aromatic heterocycles. The standard InChI is InChI=1S/C75H145NO5/c1-3-5-7-9-11-13-15-17-19-20-21-22-23-25-28-31-34-37-40-43-47-51-55-59-63-67-73(78)72(71-77)76-74(79)68-64-60-56-52-48-44-41-38-35-32-29-26-24-27-30-33-36-39-42-46-50-54-58-62-66-70-81-75(80)69-65-61-57-53-49-45-18-16-14-12-10-8-6-4-2/h26-27,29-30,72-73,77-78H,3-25,28,31-71H2,1-2H3,(H,76,79)/b29-26-,30-27-. The number of unbranched alkanes of at least 4 members (excludes halogenated alkanes) is 55. The van der Waals surface area contributed by atoms with Crippen LogP contribution in [0.15, 0.2) is 24.3 Å². The van der Waals surface area contributed by atoms with Gasteiger partial charge >= 0.3 is 5.97 Å². The molecule has 2 unspecified atom stereocenters. The molecule has 81 heavy (non-hydrogen) atoms. The number of esters is 1. The summed E-state index contributed by atoms with van der Waals surface area (Å²) in [5.41, 5.74) is 0. The number of allylic oxidation sites excluding steroid dienone is 4. The zero-order valence-corrected chi connectivity index (χ0v) is 55.0. The van der Waals surface area contributed by atoms with Crippen LogP contribution in [-0.4, -0.2) is 47.4 Å². The molecule has 0 aromatic rings. The number of carbonyl (C=O) groups is 2.